The molecule has 1 aromatic rings. The number of hydrogen-bond donors (Lipinski definition) is 0. The van der Waals surface area contributed by atoms with Crippen LogP contribution in [0.5, 0.6) is 0 Å². The predicted molar refractivity (Wildman–Crippen MR) is 82.5 cm³/mol. The van der Waals surface area contributed by atoms with Gasteiger partial charge in [-0.3, -0.25) is 4.57 Å². The summed E-state index contributed by atoms with van der Waals surface area (Å²) in [5.74, 6) is 0. The molecule has 0 bridgehead atoms. The third-order valence-corrected chi connectivity index (χ3v) is 4.26. The molecule has 4 nitrogen and oxygen atoms in total. The van der Waals surface area contributed by atoms with Gasteiger partial charge in [-0.15, -0.1) is 11.6 Å². The maximum absolute atomic E-state index is 12.1. The van der Waals surface area contributed by atoms with Crippen LogP contribution in [0.25, 0.3) is 5.70 Å². The van der Waals surface area contributed by atoms with Crippen LogP contribution < -0.4 is 5.69 Å². The molecule has 2 rings (SSSR count). The summed E-state index contributed by atoms with van der Waals surface area (Å²) < 4.78 is -0.135. The first-order chi connectivity index (χ1) is 8.73. The van der Waals surface area contributed by atoms with E-state index >= 15 is 0 Å². The summed E-state index contributed by atoms with van der Waals surface area (Å²) in [5, 5.41) is 3.33. The first kappa shape index (κ1) is 15.4. The van der Waals surface area contributed by atoms with E-state index in [9.17, 15) is 4.79 Å². The fourth-order valence-corrected chi connectivity index (χ4v) is 2.50. The van der Waals surface area contributed by atoms with Crippen LogP contribution in [0.3, 0.4) is 0 Å². The number of halogens is 5. The summed E-state index contributed by atoms with van der Waals surface area (Å²) in [6.07, 6.45) is 4.29. The molecule has 19 heavy (non-hydrogen) atoms. The molecule has 0 saturated heterocycles. The van der Waals surface area contributed by atoms with Crippen molar-refractivity contribution in [2.75, 3.05) is 0 Å². The van der Waals surface area contributed by atoms with Crippen molar-refractivity contribution in [3.63, 3.8) is 0 Å². The summed E-state index contributed by atoms with van der Waals surface area (Å²) in [5.41, 5.74) is -0.257. The number of hydrogen-bond acceptors (Lipinski definition) is 3. The third-order valence-electron chi connectivity index (χ3n) is 2.31. The second-order valence-corrected chi connectivity index (χ2v) is 7.00. The minimum atomic E-state index is -1.98. The number of alkyl halides is 4. The van der Waals surface area contributed by atoms with Gasteiger partial charge in [0.05, 0.1) is 15.6 Å². The molecule has 1 aromatic heterocycles. The molecule has 0 spiro atoms. The Balaban J connectivity index is 2.53. The molecule has 1 unspecified atom stereocenters. The molecule has 0 amide bonds. The smallest absolute Gasteiger partial charge is 0.251 e. The van der Waals surface area contributed by atoms with Crippen LogP contribution in [0.4, 0.5) is 0 Å². The zero-order valence-corrected chi connectivity index (χ0v) is 13.5. The Morgan fingerprint density at radius 1 is 1.32 bits per heavy atom. The maximum atomic E-state index is 12.1. The van der Waals surface area contributed by atoms with Crippen molar-refractivity contribution < 1.29 is 0 Å². The van der Waals surface area contributed by atoms with Gasteiger partial charge in [-0.25, -0.2) is 4.79 Å². The number of allylic oxidation sites excluding steroid dienone is 4. The summed E-state index contributed by atoms with van der Waals surface area (Å²) in [6, 6.07) is 0. The molecular formula is C9H4Cl5N3OS. The second-order valence-electron chi connectivity index (χ2n) is 3.50. The Labute approximate surface area is 138 Å². The fraction of sp³-hybridized carbons (Fsp3) is 0.222. The van der Waals surface area contributed by atoms with Gasteiger partial charge in [0.15, 0.2) is 0 Å². The Kier molecular flexibility index (Phi) is 4.35. The quantitative estimate of drug-likeness (QED) is 0.555. The minimum absolute atomic E-state index is 0.314. The highest BCUT2D eigenvalue weighted by molar-refractivity contribution is 7.81. The Morgan fingerprint density at radius 3 is 2.47 bits per heavy atom. The average molecular weight is 379 g/mol. The van der Waals surface area contributed by atoms with Crippen molar-refractivity contribution in [3.05, 3.63) is 34.0 Å². The summed E-state index contributed by atoms with van der Waals surface area (Å²) in [4.78, 5) is 12.4. The van der Waals surface area contributed by atoms with E-state index in [1.807, 2.05) is 0 Å². The first-order valence-corrected chi connectivity index (χ1v) is 7.09. The van der Waals surface area contributed by atoms with Crippen molar-refractivity contribution >= 4 is 80.8 Å². The topological polar surface area (TPSA) is 39.8 Å². The van der Waals surface area contributed by atoms with Crippen LogP contribution in [0.1, 0.15) is 0 Å². The average Bonchev–Trinajstić information content (AvgIpc) is 2.68. The number of aromatic nitrogens is 3. The zero-order valence-electron chi connectivity index (χ0n) is 8.86. The maximum Gasteiger partial charge on any atom is 0.354 e. The molecule has 102 valence electrons. The molecule has 1 aliphatic rings. The lowest BCUT2D eigenvalue weighted by molar-refractivity contribution is 0.641. The van der Waals surface area contributed by atoms with E-state index in [1.165, 1.54) is 12.4 Å². The van der Waals surface area contributed by atoms with Crippen molar-refractivity contribution in [1.29, 1.82) is 0 Å². The van der Waals surface area contributed by atoms with E-state index in [2.05, 4.69) is 5.10 Å². The van der Waals surface area contributed by atoms with Crippen molar-refractivity contribution in [1.82, 2.24) is 14.3 Å². The van der Waals surface area contributed by atoms with Gasteiger partial charge in [-0.1, -0.05) is 58.6 Å². The molecule has 1 atom stereocenters. The molecule has 0 N–H and O–H groups in total. The molecule has 0 aliphatic heterocycles. The van der Waals surface area contributed by atoms with Crippen molar-refractivity contribution in [3.8, 4) is 0 Å². The standard InChI is InChI=1S/C9H4Cl5N3OS/c10-4-1-2-5(6(11)7(4)19)16-3-15-17(8(16)18)9(12,13)14/h1-3,6H. The van der Waals surface area contributed by atoms with Gasteiger partial charge < -0.3 is 0 Å². The van der Waals surface area contributed by atoms with Gasteiger partial charge >= 0.3 is 5.69 Å². The third kappa shape index (κ3) is 2.86. The lowest BCUT2D eigenvalue weighted by atomic mass is 10.1. The van der Waals surface area contributed by atoms with E-state index in [4.69, 9.17) is 70.2 Å². The highest BCUT2D eigenvalue weighted by atomic mass is 35.6. The number of rotatable bonds is 1. The Bertz CT molecular complexity index is 654. The van der Waals surface area contributed by atoms with Crippen molar-refractivity contribution in [2.45, 2.75) is 9.29 Å². The van der Waals surface area contributed by atoms with Crippen LogP contribution in [0.15, 0.2) is 28.3 Å². The predicted octanol–water partition coefficient (Wildman–Crippen LogP) is 3.28. The molecule has 0 aromatic carbocycles. The summed E-state index contributed by atoms with van der Waals surface area (Å²) in [7, 11) is 0. The van der Waals surface area contributed by atoms with Crippen LogP contribution in [-0.4, -0.2) is 24.6 Å². The Hall–Kier alpha value is -0.0400. The summed E-state index contributed by atoms with van der Waals surface area (Å²) >= 11 is 33.9. The lowest BCUT2D eigenvalue weighted by Gasteiger charge is -2.18. The van der Waals surface area contributed by atoms with E-state index in [-0.39, 0.29) is 0 Å². The SMILES string of the molecule is O=c1n(C2=CC=C(Cl)C(=S)C2Cl)cnn1C(Cl)(Cl)Cl. The number of thiocarbonyl (C=S) groups is 1. The van der Waals surface area contributed by atoms with Gasteiger partial charge in [0, 0.05) is 0 Å². The van der Waals surface area contributed by atoms with E-state index < -0.39 is 15.0 Å². The highest BCUT2D eigenvalue weighted by Gasteiger charge is 2.30. The molecule has 1 heterocycles. The van der Waals surface area contributed by atoms with E-state index in [1.54, 1.807) is 6.08 Å². The molecule has 0 radical (unpaired) electrons. The highest BCUT2D eigenvalue weighted by Crippen LogP contribution is 2.30. The van der Waals surface area contributed by atoms with Gasteiger partial charge in [0.25, 0.3) is 3.92 Å². The first-order valence-electron chi connectivity index (χ1n) is 4.73. The monoisotopic (exact) mass is 377 g/mol. The van der Waals surface area contributed by atoms with Crippen LogP contribution in [-0.2, 0) is 3.92 Å². The van der Waals surface area contributed by atoms with Gasteiger partial charge in [0.2, 0.25) is 0 Å². The van der Waals surface area contributed by atoms with Crippen LogP contribution >= 0.6 is 70.2 Å². The van der Waals surface area contributed by atoms with Gasteiger partial charge in [-0.05, 0) is 12.2 Å². The number of nitrogens with zero attached hydrogens (tertiary/aromatic N) is 3. The molecule has 1 aliphatic carbocycles. The molecule has 0 saturated carbocycles. The lowest BCUT2D eigenvalue weighted by Crippen LogP contribution is -2.33. The fourth-order valence-electron chi connectivity index (χ4n) is 1.44. The molecular weight excluding hydrogens is 375 g/mol. The second kappa shape index (κ2) is 5.39. The zero-order chi connectivity index (χ0) is 14.4. The van der Waals surface area contributed by atoms with Crippen LogP contribution in [0, 0.1) is 0 Å². The Morgan fingerprint density at radius 2 is 1.95 bits per heavy atom. The molecule has 0 fully saturated rings. The van der Waals surface area contributed by atoms with E-state index in [0.717, 1.165) is 4.57 Å². The summed E-state index contributed by atoms with van der Waals surface area (Å²) in [6.45, 7) is 0. The van der Waals surface area contributed by atoms with Crippen molar-refractivity contribution in [2.24, 2.45) is 0 Å². The molecule has 10 heteroatoms. The van der Waals surface area contributed by atoms with Crippen LogP contribution in [0.2, 0.25) is 0 Å². The van der Waals surface area contributed by atoms with Gasteiger partial charge in [0.1, 0.15) is 11.7 Å². The minimum Gasteiger partial charge on any atom is -0.251 e. The van der Waals surface area contributed by atoms with E-state index in [0.29, 0.717) is 20.3 Å². The van der Waals surface area contributed by atoms with Gasteiger partial charge in [-0.2, -0.15) is 9.78 Å². The largest absolute Gasteiger partial charge is 0.354 e. The normalized spacial score (nSPS) is 20.3.